The molecule has 1 aromatic rings. The van der Waals surface area contributed by atoms with Gasteiger partial charge in [0.1, 0.15) is 10.6 Å². The highest BCUT2D eigenvalue weighted by Crippen LogP contribution is 2.35. The Bertz CT molecular complexity index is 433. The molecule has 2 rings (SSSR count). The zero-order valence-corrected chi connectivity index (χ0v) is 11.6. The highest BCUT2D eigenvalue weighted by Gasteiger charge is 2.29. The van der Waals surface area contributed by atoms with E-state index in [1.54, 1.807) is 0 Å². The van der Waals surface area contributed by atoms with Gasteiger partial charge in [0.25, 0.3) is 0 Å². The summed E-state index contributed by atoms with van der Waals surface area (Å²) in [6.45, 7) is 4.16. The van der Waals surface area contributed by atoms with Crippen LogP contribution in [-0.2, 0) is 4.74 Å². The van der Waals surface area contributed by atoms with Gasteiger partial charge >= 0.3 is 5.97 Å². The molecule has 18 heavy (non-hydrogen) atoms. The molecule has 1 saturated heterocycles. The van der Waals surface area contributed by atoms with E-state index in [1.807, 2.05) is 0 Å². The Kier molecular flexibility index (Phi) is 4.06. The lowest BCUT2D eigenvalue weighted by molar-refractivity contribution is 0.0603. The summed E-state index contributed by atoms with van der Waals surface area (Å²) in [7, 11) is 1.37. The van der Waals surface area contributed by atoms with Crippen molar-refractivity contribution in [1.29, 1.82) is 0 Å². The molecule has 1 unspecified atom stereocenters. The maximum absolute atomic E-state index is 11.7. The maximum Gasteiger partial charge on any atom is 0.344 e. The number of nitrogen functional groups attached to an aromatic ring is 1. The van der Waals surface area contributed by atoms with Crippen molar-refractivity contribution in [2.45, 2.75) is 26.2 Å². The van der Waals surface area contributed by atoms with E-state index in [9.17, 15) is 4.79 Å². The minimum atomic E-state index is -0.393. The number of esters is 1. The molecular formula is C12H19N3O2S. The fraction of sp³-hybridized carbons (Fsp3) is 0.667. The Labute approximate surface area is 111 Å². The number of hydrogen-bond donors (Lipinski definition) is 1. The van der Waals surface area contributed by atoms with Gasteiger partial charge < -0.3 is 15.4 Å². The first kappa shape index (κ1) is 13.1. The summed E-state index contributed by atoms with van der Waals surface area (Å²) in [5, 5.41) is 0.859. The van der Waals surface area contributed by atoms with E-state index in [-0.39, 0.29) is 5.82 Å². The van der Waals surface area contributed by atoms with Gasteiger partial charge in [-0.15, -0.1) is 0 Å². The van der Waals surface area contributed by atoms with Crippen LogP contribution >= 0.6 is 11.5 Å². The van der Waals surface area contributed by atoms with Gasteiger partial charge in [-0.3, -0.25) is 0 Å². The second-order valence-electron chi connectivity index (χ2n) is 4.63. The monoisotopic (exact) mass is 269 g/mol. The van der Waals surface area contributed by atoms with Crippen molar-refractivity contribution in [1.82, 2.24) is 4.37 Å². The summed E-state index contributed by atoms with van der Waals surface area (Å²) in [4.78, 5) is 13.9. The zero-order chi connectivity index (χ0) is 13.1. The van der Waals surface area contributed by atoms with E-state index < -0.39 is 5.97 Å². The van der Waals surface area contributed by atoms with Crippen molar-refractivity contribution in [3.8, 4) is 0 Å². The molecule has 0 amide bonds. The minimum absolute atomic E-state index is 0.279. The van der Waals surface area contributed by atoms with Crippen LogP contribution in [-0.4, -0.2) is 30.5 Å². The van der Waals surface area contributed by atoms with Gasteiger partial charge in [0.05, 0.1) is 7.11 Å². The van der Waals surface area contributed by atoms with Crippen molar-refractivity contribution in [2.75, 3.05) is 30.8 Å². The van der Waals surface area contributed by atoms with Crippen LogP contribution in [0.5, 0.6) is 0 Å². The van der Waals surface area contributed by atoms with Gasteiger partial charge in [0.2, 0.25) is 0 Å². The first-order valence-corrected chi connectivity index (χ1v) is 7.03. The van der Waals surface area contributed by atoms with Crippen LogP contribution in [0.25, 0.3) is 0 Å². The molecule has 1 aromatic heterocycles. The second kappa shape index (κ2) is 5.56. The third kappa shape index (κ3) is 2.43. The van der Waals surface area contributed by atoms with Crippen LogP contribution in [0.15, 0.2) is 0 Å². The molecule has 0 saturated carbocycles. The maximum atomic E-state index is 11.7. The largest absolute Gasteiger partial charge is 0.465 e. The van der Waals surface area contributed by atoms with Crippen LogP contribution in [0.2, 0.25) is 0 Å². The molecule has 1 atom stereocenters. The molecule has 2 heterocycles. The Balaban J connectivity index is 2.17. The van der Waals surface area contributed by atoms with Crippen molar-refractivity contribution in [3.63, 3.8) is 0 Å². The lowest BCUT2D eigenvalue weighted by Crippen LogP contribution is -2.21. The average Bonchev–Trinajstić information content (AvgIpc) is 2.95. The predicted molar refractivity (Wildman–Crippen MR) is 73.1 cm³/mol. The minimum Gasteiger partial charge on any atom is -0.465 e. The normalized spacial score (nSPS) is 19.2. The summed E-state index contributed by atoms with van der Waals surface area (Å²) in [6, 6.07) is 0. The third-order valence-corrected chi connectivity index (χ3v) is 4.28. The third-order valence-electron chi connectivity index (χ3n) is 3.36. The molecule has 2 N–H and O–H groups in total. The quantitative estimate of drug-likeness (QED) is 0.848. The summed E-state index contributed by atoms with van der Waals surface area (Å²) in [5.74, 6) is 0.597. The van der Waals surface area contributed by atoms with Gasteiger partial charge in [-0.25, -0.2) is 4.79 Å². The van der Waals surface area contributed by atoms with Crippen LogP contribution < -0.4 is 10.6 Å². The number of nitrogens with zero attached hydrogens (tertiary/aromatic N) is 2. The van der Waals surface area contributed by atoms with Crippen molar-refractivity contribution in [2.24, 2.45) is 5.92 Å². The Morgan fingerprint density at radius 2 is 2.44 bits per heavy atom. The molecule has 0 radical (unpaired) electrons. The van der Waals surface area contributed by atoms with Crippen LogP contribution in [0.1, 0.15) is 36.5 Å². The number of anilines is 2. The lowest BCUT2D eigenvalue weighted by Gasteiger charge is -2.17. The SMILES string of the molecule is CCCC1CCN(c2snc(N)c2C(=O)OC)C1. The van der Waals surface area contributed by atoms with Crippen LogP contribution in [0, 0.1) is 5.92 Å². The van der Waals surface area contributed by atoms with Crippen molar-refractivity contribution >= 4 is 28.3 Å². The molecule has 5 nitrogen and oxygen atoms in total. The summed E-state index contributed by atoms with van der Waals surface area (Å²) >= 11 is 1.29. The summed E-state index contributed by atoms with van der Waals surface area (Å²) < 4.78 is 8.85. The number of aromatic nitrogens is 1. The Hall–Kier alpha value is -1.30. The second-order valence-corrected chi connectivity index (χ2v) is 5.38. The van der Waals surface area contributed by atoms with E-state index in [0.717, 1.165) is 18.1 Å². The number of nitrogens with two attached hydrogens (primary N) is 1. The first-order valence-electron chi connectivity index (χ1n) is 6.25. The van der Waals surface area contributed by atoms with Gasteiger partial charge in [0, 0.05) is 13.1 Å². The van der Waals surface area contributed by atoms with E-state index >= 15 is 0 Å². The Morgan fingerprint density at radius 1 is 1.67 bits per heavy atom. The predicted octanol–water partition coefficient (Wildman–Crippen LogP) is 2.14. The molecule has 0 bridgehead atoms. The molecule has 0 spiro atoms. The molecule has 0 aromatic carbocycles. The highest BCUT2D eigenvalue weighted by molar-refractivity contribution is 7.11. The smallest absolute Gasteiger partial charge is 0.344 e. The highest BCUT2D eigenvalue weighted by atomic mass is 32.1. The molecule has 1 aliphatic heterocycles. The van der Waals surface area contributed by atoms with Gasteiger partial charge in [-0.05, 0) is 30.3 Å². The van der Waals surface area contributed by atoms with Gasteiger partial charge in [-0.2, -0.15) is 4.37 Å². The van der Waals surface area contributed by atoms with Crippen LogP contribution in [0.3, 0.4) is 0 Å². The molecule has 1 aliphatic rings. The van der Waals surface area contributed by atoms with E-state index in [0.29, 0.717) is 11.5 Å². The van der Waals surface area contributed by atoms with Crippen LogP contribution in [0.4, 0.5) is 10.8 Å². The number of carbonyl (C=O) groups is 1. The van der Waals surface area contributed by atoms with Crippen molar-refractivity contribution < 1.29 is 9.53 Å². The number of carbonyl (C=O) groups excluding carboxylic acids is 1. The molecule has 100 valence electrons. The van der Waals surface area contributed by atoms with Crippen molar-refractivity contribution in [3.05, 3.63) is 5.56 Å². The molecule has 6 heteroatoms. The van der Waals surface area contributed by atoms with Gasteiger partial charge in [-0.1, -0.05) is 13.3 Å². The van der Waals surface area contributed by atoms with Gasteiger partial charge in [0.15, 0.2) is 5.82 Å². The molecular weight excluding hydrogens is 250 g/mol. The number of rotatable bonds is 4. The fourth-order valence-corrected chi connectivity index (χ4v) is 3.30. The summed E-state index contributed by atoms with van der Waals surface area (Å²) in [6.07, 6.45) is 3.61. The fourth-order valence-electron chi connectivity index (χ4n) is 2.46. The molecule has 1 fully saturated rings. The average molecular weight is 269 g/mol. The first-order chi connectivity index (χ1) is 8.67. The number of ether oxygens (including phenoxy) is 1. The van der Waals surface area contributed by atoms with E-state index in [4.69, 9.17) is 10.5 Å². The standard InChI is InChI=1S/C12H19N3O2S/c1-3-4-8-5-6-15(7-8)11-9(12(16)17-2)10(13)14-18-11/h8H,3-7H2,1-2H3,(H2,13,14). The zero-order valence-electron chi connectivity index (χ0n) is 10.8. The van der Waals surface area contributed by atoms with E-state index in [1.165, 1.54) is 37.9 Å². The van der Waals surface area contributed by atoms with E-state index in [2.05, 4.69) is 16.2 Å². The number of methoxy groups -OCH3 is 1. The topological polar surface area (TPSA) is 68.5 Å². The lowest BCUT2D eigenvalue weighted by atomic mass is 10.0. The summed E-state index contributed by atoms with van der Waals surface area (Å²) in [5.41, 5.74) is 6.18. The molecule has 0 aliphatic carbocycles. The number of hydrogen-bond acceptors (Lipinski definition) is 6. The Morgan fingerprint density at radius 3 is 3.11 bits per heavy atom.